The normalized spacial score (nSPS) is 10.1. The van der Waals surface area contributed by atoms with Gasteiger partial charge in [-0.1, -0.05) is 6.32 Å². The van der Waals surface area contributed by atoms with Gasteiger partial charge in [-0.15, -0.1) is 0 Å². The van der Waals surface area contributed by atoms with E-state index in [2.05, 4.69) is 9.97 Å². The Kier molecular flexibility index (Phi) is 5.85. The van der Waals surface area contributed by atoms with Crippen molar-refractivity contribution in [2.24, 2.45) is 0 Å². The van der Waals surface area contributed by atoms with Gasteiger partial charge in [-0.05, 0) is 5.56 Å². The molecule has 0 atom stereocenters. The second kappa shape index (κ2) is 5.82. The van der Waals surface area contributed by atoms with E-state index in [-0.39, 0.29) is 62.6 Å². The smallest absolute Gasteiger partial charge is 0.449 e. The van der Waals surface area contributed by atoms with Crippen molar-refractivity contribution in [1.29, 1.82) is 5.26 Å². The predicted octanol–water partition coefficient (Wildman–Crippen LogP) is -1.72. The molecule has 1 rings (SSSR count). The van der Waals surface area contributed by atoms with Crippen molar-refractivity contribution < 1.29 is 64.3 Å². The van der Waals surface area contributed by atoms with Gasteiger partial charge in [-0.3, -0.25) is 0 Å². The number of hydrogen-bond donors (Lipinski definition) is 0. The summed E-state index contributed by atoms with van der Waals surface area (Å²) >= 11 is 0. The number of nitrogens with zero attached hydrogens (tertiary/aromatic N) is 3. The average Bonchev–Trinajstić information content (AvgIpc) is 2.02. The molecule has 0 amide bonds. The Balaban J connectivity index is 0.00000169. The molecule has 0 saturated carbocycles. The maximum absolute atomic E-state index is 12.0. The molecule has 0 aromatic carbocycles. The summed E-state index contributed by atoms with van der Waals surface area (Å²) in [5.41, 5.74) is -0.383. The van der Waals surface area contributed by atoms with Crippen molar-refractivity contribution >= 4 is 6.98 Å². The minimum Gasteiger partial charge on any atom is -0.449 e. The molecule has 0 N–H and O–H groups in total. The van der Waals surface area contributed by atoms with E-state index < -0.39 is 13.3 Å². The van der Waals surface area contributed by atoms with Crippen molar-refractivity contribution in [1.82, 2.24) is 9.97 Å². The van der Waals surface area contributed by atoms with Gasteiger partial charge < -0.3 is 12.9 Å². The van der Waals surface area contributed by atoms with Gasteiger partial charge in [-0.25, -0.2) is 9.97 Å². The first-order valence-electron chi connectivity index (χ1n) is 3.43. The van der Waals surface area contributed by atoms with Crippen LogP contribution in [0, 0.1) is 11.3 Å². The van der Waals surface area contributed by atoms with Crippen LogP contribution in [0.3, 0.4) is 0 Å². The number of nitriles is 1. The van der Waals surface area contributed by atoms with E-state index in [1.807, 2.05) is 0 Å². The van der Waals surface area contributed by atoms with E-state index in [1.54, 1.807) is 6.07 Å². The van der Waals surface area contributed by atoms with E-state index in [9.17, 15) is 12.9 Å². The Labute approximate surface area is 121 Å². The molecule has 1 aromatic heterocycles. The van der Waals surface area contributed by atoms with Gasteiger partial charge in [0, 0.05) is 6.20 Å². The summed E-state index contributed by atoms with van der Waals surface area (Å²) in [6, 6.07) is 1.58. The van der Waals surface area contributed by atoms with E-state index >= 15 is 0 Å². The monoisotopic (exact) mass is 225 g/mol. The van der Waals surface area contributed by atoms with Gasteiger partial charge in [0.1, 0.15) is 18.1 Å². The fourth-order valence-electron chi connectivity index (χ4n) is 0.858. The van der Waals surface area contributed by atoms with Crippen LogP contribution in [0.4, 0.5) is 12.9 Å². The maximum atomic E-state index is 12.0. The van der Waals surface area contributed by atoms with Crippen LogP contribution in [0.1, 0.15) is 11.3 Å². The van der Waals surface area contributed by atoms with Crippen LogP contribution in [0.25, 0.3) is 0 Å². The molecule has 0 saturated heterocycles. The molecule has 0 aliphatic carbocycles. The van der Waals surface area contributed by atoms with Crippen LogP contribution in [0.2, 0.25) is 0 Å². The molecule has 8 heteroatoms. The summed E-state index contributed by atoms with van der Waals surface area (Å²) in [5, 5.41) is 8.41. The Hall–Kier alpha value is 0.0613. The molecule has 0 unspecified atom stereocenters. The number of halogens is 3. The Morgan fingerprint density at radius 3 is 2.57 bits per heavy atom. The summed E-state index contributed by atoms with van der Waals surface area (Å²) < 4.78 is 35.9. The van der Waals surface area contributed by atoms with E-state index in [4.69, 9.17) is 5.26 Å². The molecule has 0 aliphatic rings. The number of rotatable bonds is 2. The molecule has 0 radical (unpaired) electrons. The Bertz CT molecular complexity index is 349. The molecule has 0 spiro atoms. The van der Waals surface area contributed by atoms with E-state index in [0.717, 1.165) is 12.5 Å². The second-order valence-electron chi connectivity index (χ2n) is 2.42. The molecule has 0 aliphatic heterocycles. The van der Waals surface area contributed by atoms with Crippen LogP contribution >= 0.6 is 0 Å². The first-order chi connectivity index (χ1) is 6.03. The number of aromatic nitrogens is 2. The van der Waals surface area contributed by atoms with E-state index in [0.29, 0.717) is 0 Å². The maximum Gasteiger partial charge on any atom is 1.00 e. The van der Waals surface area contributed by atoms with Crippen LogP contribution in [0.15, 0.2) is 12.5 Å². The summed E-state index contributed by atoms with van der Waals surface area (Å²) in [6.07, 6.45) is 0.954. The topological polar surface area (TPSA) is 49.6 Å². The Morgan fingerprint density at radius 1 is 1.43 bits per heavy atom. The van der Waals surface area contributed by atoms with Crippen LogP contribution < -0.4 is 51.4 Å². The zero-order valence-corrected chi connectivity index (χ0v) is 10.5. The van der Waals surface area contributed by atoms with Crippen LogP contribution in [-0.2, 0) is 6.32 Å². The molecule has 14 heavy (non-hydrogen) atoms. The molecule has 1 aromatic rings. The molecule has 0 fully saturated rings. The SMILES string of the molecule is N#Cc1ncncc1C[B-](F)(F)F.[K+]. The molecule has 3 nitrogen and oxygen atoms in total. The van der Waals surface area contributed by atoms with Gasteiger partial charge in [0.05, 0.1) is 0 Å². The molecular formula is C6H4BF3KN3. The fraction of sp³-hybridized carbons (Fsp3) is 0.167. The van der Waals surface area contributed by atoms with Gasteiger partial charge in [-0.2, -0.15) is 5.26 Å². The van der Waals surface area contributed by atoms with Gasteiger partial charge in [0.2, 0.25) is 0 Å². The quantitative estimate of drug-likeness (QED) is 0.562. The zero-order chi connectivity index (χ0) is 9.90. The molecular weight excluding hydrogens is 221 g/mol. The Morgan fingerprint density at radius 2 is 2.07 bits per heavy atom. The van der Waals surface area contributed by atoms with Crippen LogP contribution in [-0.4, -0.2) is 16.9 Å². The average molecular weight is 225 g/mol. The minimum atomic E-state index is -4.94. The third-order valence-electron chi connectivity index (χ3n) is 1.35. The third kappa shape index (κ3) is 4.52. The molecule has 1 heterocycles. The van der Waals surface area contributed by atoms with Crippen molar-refractivity contribution in [3.05, 3.63) is 23.8 Å². The second-order valence-corrected chi connectivity index (χ2v) is 2.42. The van der Waals surface area contributed by atoms with Gasteiger partial charge in [0.25, 0.3) is 0 Å². The fourth-order valence-corrected chi connectivity index (χ4v) is 0.858. The summed E-state index contributed by atoms with van der Waals surface area (Å²) in [5.74, 6) is 0. The molecule has 0 bridgehead atoms. The van der Waals surface area contributed by atoms with Gasteiger partial charge in [0.15, 0.2) is 0 Å². The van der Waals surface area contributed by atoms with Crippen molar-refractivity contribution in [3.8, 4) is 6.07 Å². The summed E-state index contributed by atoms with van der Waals surface area (Å²) in [4.78, 5) is 6.84. The standard InChI is InChI=1S/C6H4BF3N3.K/c8-7(9,10)1-5-3-12-4-13-6(5)2-11;/h3-4H,1H2;/q-1;+1. The van der Waals surface area contributed by atoms with Crippen molar-refractivity contribution in [2.45, 2.75) is 6.32 Å². The van der Waals surface area contributed by atoms with Gasteiger partial charge >= 0.3 is 58.4 Å². The van der Waals surface area contributed by atoms with E-state index in [1.165, 1.54) is 0 Å². The third-order valence-corrected chi connectivity index (χ3v) is 1.35. The summed E-state index contributed by atoms with van der Waals surface area (Å²) in [6.45, 7) is -4.94. The summed E-state index contributed by atoms with van der Waals surface area (Å²) in [7, 11) is 0. The minimum absolute atomic E-state index is 0. The first-order valence-corrected chi connectivity index (χ1v) is 3.43. The largest absolute Gasteiger partial charge is 1.00 e. The van der Waals surface area contributed by atoms with Crippen molar-refractivity contribution in [2.75, 3.05) is 0 Å². The number of hydrogen-bond acceptors (Lipinski definition) is 3. The first kappa shape index (κ1) is 14.1. The predicted molar refractivity (Wildman–Crippen MR) is 39.5 cm³/mol. The van der Waals surface area contributed by atoms with Crippen LogP contribution in [0.5, 0.6) is 0 Å². The zero-order valence-electron chi connectivity index (χ0n) is 7.41. The van der Waals surface area contributed by atoms with Crippen molar-refractivity contribution in [3.63, 3.8) is 0 Å². The molecule has 68 valence electrons.